The summed E-state index contributed by atoms with van der Waals surface area (Å²) < 4.78 is 1.16. The molecule has 0 saturated carbocycles. The van der Waals surface area contributed by atoms with Crippen molar-refractivity contribution in [2.45, 2.75) is 25.1 Å². The molecule has 0 saturated heterocycles. The lowest BCUT2D eigenvalue weighted by Gasteiger charge is -2.20. The first kappa shape index (κ1) is 11.0. The molecule has 0 bridgehead atoms. The van der Waals surface area contributed by atoms with E-state index in [9.17, 15) is 0 Å². The van der Waals surface area contributed by atoms with E-state index in [-0.39, 0.29) is 0 Å². The van der Waals surface area contributed by atoms with Crippen LogP contribution in [0.5, 0.6) is 0 Å². The minimum atomic E-state index is 0.512. The predicted octanol–water partition coefficient (Wildman–Crippen LogP) is -2.11. The predicted molar refractivity (Wildman–Crippen MR) is 44.5 cm³/mol. The molecule has 0 aromatic heterocycles. The summed E-state index contributed by atoms with van der Waals surface area (Å²) >= 11 is 4.01. The monoisotopic (exact) mass is 275 g/mol. The minimum Gasteiger partial charge on any atom is -0.268 e. The molecule has 2 nitrogen and oxygen atoms in total. The molecule has 10 heavy (non-hydrogen) atoms. The number of hydrazine groups is 1. The molecule has 0 amide bonds. The van der Waals surface area contributed by atoms with E-state index in [2.05, 4.69) is 29.5 Å². The maximum absolute atomic E-state index is 5.62. The average molecular weight is 275 g/mol. The Balaban J connectivity index is 3.50. The van der Waals surface area contributed by atoms with Crippen molar-refractivity contribution in [2.75, 3.05) is 10.8 Å². The van der Waals surface area contributed by atoms with Crippen molar-refractivity contribution in [3.05, 3.63) is 0 Å². The van der Waals surface area contributed by atoms with E-state index in [1.807, 2.05) is 18.8 Å². The number of hydrogen-bond acceptors (Lipinski definition) is 3. The van der Waals surface area contributed by atoms with Gasteiger partial charge in [-0.2, -0.15) is 0 Å². The summed E-state index contributed by atoms with van der Waals surface area (Å²) in [5.41, 5.74) is 0. The van der Waals surface area contributed by atoms with Gasteiger partial charge >= 0.3 is 0 Å². The van der Waals surface area contributed by atoms with Crippen LogP contribution in [0.1, 0.15) is 19.8 Å². The summed E-state index contributed by atoms with van der Waals surface area (Å²) in [5.74, 6) is 5.62. The average Bonchev–Trinajstić information content (AvgIpc) is 1.87. The maximum atomic E-state index is 5.62. The summed E-state index contributed by atoms with van der Waals surface area (Å²) in [6.45, 7) is 2.19. The van der Waals surface area contributed by atoms with E-state index in [1.54, 1.807) is 5.01 Å². The van der Waals surface area contributed by atoms with Gasteiger partial charge in [0.1, 0.15) is 0 Å². The third-order valence-corrected chi connectivity index (χ3v) is 3.50. The van der Waals surface area contributed by atoms with Crippen molar-refractivity contribution in [3.63, 3.8) is 0 Å². The zero-order valence-electron chi connectivity index (χ0n) is 6.54. The van der Waals surface area contributed by atoms with E-state index in [0.717, 1.165) is 3.76 Å². The first-order chi connectivity index (χ1) is 4.72. The van der Waals surface area contributed by atoms with Crippen LogP contribution in [0.3, 0.4) is 0 Å². The van der Waals surface area contributed by atoms with Gasteiger partial charge in [-0.3, -0.25) is 5.84 Å². The molecule has 4 heteroatoms. The fourth-order valence-electron chi connectivity index (χ4n) is 0.730. The van der Waals surface area contributed by atoms with Gasteiger partial charge in [0, 0.05) is 7.05 Å². The molecule has 62 valence electrons. The molecule has 1 atom stereocenters. The van der Waals surface area contributed by atoms with Crippen LogP contribution in [0.2, 0.25) is 0 Å². The Bertz CT molecular complexity index is 74.1. The topological polar surface area (TPSA) is 29.3 Å². The first-order valence-corrected chi connectivity index (χ1v) is 6.09. The van der Waals surface area contributed by atoms with Gasteiger partial charge in [0.05, 0.1) is 5.37 Å². The van der Waals surface area contributed by atoms with Crippen LogP contribution in [0.25, 0.3) is 0 Å². The highest BCUT2D eigenvalue weighted by Gasteiger charge is 2.11. The van der Waals surface area contributed by atoms with Gasteiger partial charge < -0.3 is 0 Å². The lowest BCUT2D eigenvalue weighted by atomic mass is 10.3. The third kappa shape index (κ3) is 4.76. The van der Waals surface area contributed by atoms with Gasteiger partial charge in [-0.1, -0.05) is 25.1 Å². The summed E-state index contributed by atoms with van der Waals surface area (Å²) in [6, 6.07) is 0. The number of hydrogen-bond donors (Lipinski definition) is 1. The Kier molecular flexibility index (Phi) is 7.36. The molecule has 0 aliphatic rings. The number of halogens is 1. The standard InChI is InChI=1S/C6H16IN2S/c1-3-4-6(9(2)8)10-5-7/h6-7H,3-5,8H2,1-2H3/q+1. The molecule has 0 fully saturated rings. The molecule has 0 aromatic rings. The smallest absolute Gasteiger partial charge is 0.263 e. The number of nitrogens with two attached hydrogens (primary N) is 1. The first-order valence-electron chi connectivity index (χ1n) is 3.39. The second-order valence-electron chi connectivity index (χ2n) is 2.19. The number of alkyl halides is 1. The van der Waals surface area contributed by atoms with Crippen molar-refractivity contribution in [1.29, 1.82) is 0 Å². The third-order valence-electron chi connectivity index (χ3n) is 1.25. The number of nitrogens with zero attached hydrogens (tertiary/aromatic N) is 1. The Hall–Kier alpha value is 1.00. The molecular weight excluding hydrogens is 259 g/mol. The summed E-state index contributed by atoms with van der Waals surface area (Å²) in [5, 5.41) is 2.32. The van der Waals surface area contributed by atoms with Gasteiger partial charge in [0.2, 0.25) is 0 Å². The Morgan fingerprint density at radius 1 is 1.70 bits per heavy atom. The van der Waals surface area contributed by atoms with Crippen molar-refractivity contribution >= 4 is 11.8 Å². The van der Waals surface area contributed by atoms with Crippen LogP contribution >= 0.6 is 11.8 Å². The van der Waals surface area contributed by atoms with Gasteiger partial charge in [-0.05, 0) is 6.42 Å². The lowest BCUT2D eigenvalue weighted by Crippen LogP contribution is -3.35. The van der Waals surface area contributed by atoms with Crippen LogP contribution in [-0.4, -0.2) is 21.2 Å². The normalized spacial score (nSPS) is 14.1. The molecule has 0 aromatic carbocycles. The molecule has 1 unspecified atom stereocenters. The van der Waals surface area contributed by atoms with E-state index >= 15 is 0 Å². The van der Waals surface area contributed by atoms with Crippen LogP contribution in [0, 0.1) is 0 Å². The van der Waals surface area contributed by atoms with E-state index in [0.29, 0.717) is 5.37 Å². The second-order valence-corrected chi connectivity index (χ2v) is 5.32. The minimum absolute atomic E-state index is 0.512. The van der Waals surface area contributed by atoms with E-state index < -0.39 is 0 Å². The van der Waals surface area contributed by atoms with Crippen LogP contribution in [-0.2, 0) is 0 Å². The molecule has 0 spiro atoms. The Morgan fingerprint density at radius 2 is 2.30 bits per heavy atom. The quantitative estimate of drug-likeness (QED) is 0.205. The highest BCUT2D eigenvalue weighted by Crippen LogP contribution is 2.13. The molecule has 2 N–H and O–H groups in total. The molecule has 0 aliphatic heterocycles. The second kappa shape index (κ2) is 6.69. The van der Waals surface area contributed by atoms with E-state index in [4.69, 9.17) is 5.84 Å². The highest BCUT2D eigenvalue weighted by molar-refractivity contribution is 7.99. The van der Waals surface area contributed by atoms with Crippen LogP contribution in [0.15, 0.2) is 0 Å². The highest BCUT2D eigenvalue weighted by atomic mass is 127. The van der Waals surface area contributed by atoms with Crippen LogP contribution < -0.4 is 28.4 Å². The molecule has 0 radical (unpaired) electrons. The fourth-order valence-corrected chi connectivity index (χ4v) is 2.87. The maximum Gasteiger partial charge on any atom is 0.263 e. The van der Waals surface area contributed by atoms with Crippen molar-refractivity contribution in [3.8, 4) is 0 Å². The van der Waals surface area contributed by atoms with Crippen molar-refractivity contribution < 1.29 is 22.6 Å². The molecule has 0 rings (SSSR count). The lowest BCUT2D eigenvalue weighted by molar-refractivity contribution is -0.338. The van der Waals surface area contributed by atoms with Gasteiger partial charge in [-0.15, -0.1) is 0 Å². The SMILES string of the molecule is CCCC(SC[IH+])N(C)N. The number of rotatable bonds is 5. The van der Waals surface area contributed by atoms with Crippen molar-refractivity contribution in [1.82, 2.24) is 5.01 Å². The molecule has 0 heterocycles. The molecular formula is C6H16IN2S+. The summed E-state index contributed by atoms with van der Waals surface area (Å²) in [7, 11) is 1.93. The summed E-state index contributed by atoms with van der Waals surface area (Å²) in [6.07, 6.45) is 2.40. The van der Waals surface area contributed by atoms with Crippen LogP contribution in [0.4, 0.5) is 0 Å². The van der Waals surface area contributed by atoms with Gasteiger partial charge in [-0.25, -0.2) is 5.01 Å². The number of thioether (sulfide) groups is 1. The van der Waals surface area contributed by atoms with E-state index in [1.165, 1.54) is 12.8 Å². The fraction of sp³-hybridized carbons (Fsp3) is 1.00. The van der Waals surface area contributed by atoms with Gasteiger partial charge in [0.25, 0.3) is 22.6 Å². The zero-order valence-corrected chi connectivity index (χ0v) is 9.69. The Morgan fingerprint density at radius 3 is 2.60 bits per heavy atom. The Labute approximate surface area is 81.0 Å². The molecule has 0 aliphatic carbocycles. The summed E-state index contributed by atoms with van der Waals surface area (Å²) in [4.78, 5) is 0. The van der Waals surface area contributed by atoms with Crippen molar-refractivity contribution in [2.24, 2.45) is 5.84 Å². The van der Waals surface area contributed by atoms with Gasteiger partial charge in [0.15, 0.2) is 3.76 Å². The largest absolute Gasteiger partial charge is 0.268 e. The zero-order chi connectivity index (χ0) is 7.98.